The number of nitrogens with zero attached hydrogens (tertiary/aromatic N) is 1. The molecule has 0 bridgehead atoms. The number of phenols is 1. The van der Waals surface area contributed by atoms with Crippen LogP contribution in [0.25, 0.3) is 0 Å². The Morgan fingerprint density at radius 3 is 2.52 bits per heavy atom. The lowest BCUT2D eigenvalue weighted by Gasteiger charge is -2.36. The van der Waals surface area contributed by atoms with Crippen LogP contribution in [0.15, 0.2) is 16.1 Å². The third-order valence-corrected chi connectivity index (χ3v) is 6.17. The highest BCUT2D eigenvalue weighted by atomic mass is 16.5. The van der Waals surface area contributed by atoms with Gasteiger partial charge in [0.05, 0.1) is 6.54 Å². The van der Waals surface area contributed by atoms with E-state index in [2.05, 4.69) is 17.2 Å². The molecule has 2 aliphatic rings. The number of carbonyl (C=O) groups is 1. The van der Waals surface area contributed by atoms with Gasteiger partial charge in [-0.15, -0.1) is 0 Å². The van der Waals surface area contributed by atoms with Crippen LogP contribution in [0.5, 0.6) is 11.5 Å². The van der Waals surface area contributed by atoms with E-state index in [1.54, 1.807) is 0 Å². The Balaban J connectivity index is 1.72. The van der Waals surface area contributed by atoms with Gasteiger partial charge in [-0.1, -0.05) is 0 Å². The highest BCUT2D eigenvalue weighted by Crippen LogP contribution is 2.43. The number of rotatable bonds is 4. The number of hydrogen-bond donors (Lipinski definition) is 2. The van der Waals surface area contributed by atoms with E-state index >= 15 is 0 Å². The van der Waals surface area contributed by atoms with Crippen molar-refractivity contribution >= 4 is 11.6 Å². The Morgan fingerprint density at radius 1 is 1.19 bits per heavy atom. The summed E-state index contributed by atoms with van der Waals surface area (Å²) in [4.78, 5) is 17.3. The van der Waals surface area contributed by atoms with Gasteiger partial charge in [0.1, 0.15) is 11.5 Å². The molecule has 5 nitrogen and oxygen atoms in total. The zero-order valence-electron chi connectivity index (χ0n) is 17.2. The Morgan fingerprint density at radius 2 is 1.89 bits per heavy atom. The van der Waals surface area contributed by atoms with Crippen LogP contribution in [0.2, 0.25) is 0 Å². The molecule has 0 fully saturated rings. The number of amides is 1. The Labute approximate surface area is 161 Å². The SMILES string of the molecule is CC1=NCC(C)=C1CCNC(=O)C1(C)CCc2c(C)c(O)c(C)c(C)c2O1. The minimum Gasteiger partial charge on any atom is -0.507 e. The largest absolute Gasteiger partial charge is 0.507 e. The van der Waals surface area contributed by atoms with Gasteiger partial charge in [0.15, 0.2) is 5.60 Å². The summed E-state index contributed by atoms with van der Waals surface area (Å²) in [5.74, 6) is 1.01. The minimum atomic E-state index is -0.893. The summed E-state index contributed by atoms with van der Waals surface area (Å²) >= 11 is 0. The summed E-state index contributed by atoms with van der Waals surface area (Å²) in [7, 11) is 0. The average molecular weight is 370 g/mol. The molecule has 0 saturated heterocycles. The van der Waals surface area contributed by atoms with Gasteiger partial charge in [-0.2, -0.15) is 0 Å². The number of ether oxygens (including phenoxy) is 1. The number of nitrogens with one attached hydrogen (secondary N) is 1. The van der Waals surface area contributed by atoms with Crippen LogP contribution in [0.4, 0.5) is 0 Å². The normalized spacial score (nSPS) is 21.6. The van der Waals surface area contributed by atoms with Crippen molar-refractivity contribution < 1.29 is 14.6 Å². The average Bonchev–Trinajstić information content (AvgIpc) is 2.96. The minimum absolute atomic E-state index is 0.0817. The van der Waals surface area contributed by atoms with E-state index in [0.717, 1.165) is 53.1 Å². The van der Waals surface area contributed by atoms with Crippen molar-refractivity contribution in [3.8, 4) is 11.5 Å². The van der Waals surface area contributed by atoms with Gasteiger partial charge in [0.2, 0.25) is 0 Å². The first-order valence-electron chi connectivity index (χ1n) is 9.64. The molecule has 1 unspecified atom stereocenters. The molecule has 0 saturated carbocycles. The number of aliphatic imine (C=N–C) groups is 1. The number of hydrogen-bond acceptors (Lipinski definition) is 4. The number of benzene rings is 1. The first-order valence-corrected chi connectivity index (χ1v) is 9.64. The van der Waals surface area contributed by atoms with Gasteiger partial charge < -0.3 is 15.2 Å². The second-order valence-electron chi connectivity index (χ2n) is 8.03. The first-order chi connectivity index (χ1) is 12.7. The summed E-state index contributed by atoms with van der Waals surface area (Å²) in [6.07, 6.45) is 2.11. The second kappa shape index (κ2) is 7.02. The molecule has 0 radical (unpaired) electrons. The zero-order chi connectivity index (χ0) is 19.9. The van der Waals surface area contributed by atoms with E-state index in [-0.39, 0.29) is 5.91 Å². The smallest absolute Gasteiger partial charge is 0.263 e. The maximum atomic E-state index is 12.9. The third-order valence-electron chi connectivity index (χ3n) is 6.17. The van der Waals surface area contributed by atoms with Crippen molar-refractivity contribution in [1.82, 2.24) is 5.32 Å². The lowest BCUT2D eigenvalue weighted by molar-refractivity contribution is -0.136. The van der Waals surface area contributed by atoms with Crippen molar-refractivity contribution in [1.29, 1.82) is 0 Å². The summed E-state index contributed by atoms with van der Waals surface area (Å²) in [5.41, 5.74) is 6.32. The van der Waals surface area contributed by atoms with Crippen LogP contribution >= 0.6 is 0 Å². The molecular formula is C22H30N2O3. The Bertz CT molecular complexity index is 867. The van der Waals surface area contributed by atoms with Gasteiger partial charge in [-0.05, 0) is 82.2 Å². The molecule has 0 aliphatic carbocycles. The molecular weight excluding hydrogens is 340 g/mol. The standard InChI is InChI=1S/C22H30N2O3/c1-12-11-24-16(5)17(12)8-10-23-21(26)22(6)9-7-18-15(4)19(25)13(2)14(3)20(18)27-22/h25H,7-11H2,1-6H3,(H,23,26). The molecule has 1 aromatic rings. The molecule has 27 heavy (non-hydrogen) atoms. The number of carbonyl (C=O) groups excluding carboxylic acids is 1. The predicted molar refractivity (Wildman–Crippen MR) is 108 cm³/mol. The summed E-state index contributed by atoms with van der Waals surface area (Å²) in [5, 5.41) is 13.3. The van der Waals surface area contributed by atoms with Gasteiger partial charge in [0, 0.05) is 24.2 Å². The molecule has 0 spiro atoms. The third kappa shape index (κ3) is 3.35. The lowest BCUT2D eigenvalue weighted by atomic mass is 9.86. The zero-order valence-corrected chi connectivity index (χ0v) is 17.2. The van der Waals surface area contributed by atoms with Crippen molar-refractivity contribution in [2.75, 3.05) is 13.1 Å². The van der Waals surface area contributed by atoms with Crippen LogP contribution in [0.3, 0.4) is 0 Å². The van der Waals surface area contributed by atoms with Crippen LogP contribution < -0.4 is 10.1 Å². The van der Waals surface area contributed by atoms with E-state index in [1.807, 2.05) is 34.6 Å². The van der Waals surface area contributed by atoms with Crippen molar-refractivity contribution in [2.45, 2.75) is 66.4 Å². The topological polar surface area (TPSA) is 70.9 Å². The summed E-state index contributed by atoms with van der Waals surface area (Å²) in [6, 6.07) is 0. The number of aromatic hydroxyl groups is 1. The highest BCUT2D eigenvalue weighted by Gasteiger charge is 2.40. The van der Waals surface area contributed by atoms with Crippen molar-refractivity contribution in [3.63, 3.8) is 0 Å². The van der Waals surface area contributed by atoms with Crippen LogP contribution in [0, 0.1) is 20.8 Å². The van der Waals surface area contributed by atoms with Gasteiger partial charge in [0.25, 0.3) is 5.91 Å². The molecule has 1 aromatic carbocycles. The van der Waals surface area contributed by atoms with Crippen molar-refractivity contribution in [2.24, 2.45) is 4.99 Å². The molecule has 3 rings (SSSR count). The van der Waals surface area contributed by atoms with Crippen LogP contribution in [-0.4, -0.2) is 35.4 Å². The molecule has 2 aliphatic heterocycles. The van der Waals surface area contributed by atoms with Gasteiger partial charge in [-0.3, -0.25) is 9.79 Å². The van der Waals surface area contributed by atoms with Gasteiger partial charge >= 0.3 is 0 Å². The monoisotopic (exact) mass is 370 g/mol. The molecule has 0 aromatic heterocycles. The molecule has 146 valence electrons. The van der Waals surface area contributed by atoms with E-state index in [9.17, 15) is 9.90 Å². The molecule has 2 N–H and O–H groups in total. The molecule has 1 amide bonds. The maximum absolute atomic E-state index is 12.9. The van der Waals surface area contributed by atoms with E-state index < -0.39 is 5.60 Å². The van der Waals surface area contributed by atoms with Gasteiger partial charge in [-0.25, -0.2) is 0 Å². The molecule has 1 atom stereocenters. The number of fused-ring (bicyclic) bond motifs is 1. The summed E-state index contributed by atoms with van der Waals surface area (Å²) < 4.78 is 6.23. The van der Waals surface area contributed by atoms with E-state index in [4.69, 9.17) is 4.74 Å². The lowest BCUT2D eigenvalue weighted by Crippen LogP contribution is -2.51. The maximum Gasteiger partial charge on any atom is 0.263 e. The van der Waals surface area contributed by atoms with Crippen LogP contribution in [0.1, 0.15) is 55.9 Å². The van der Waals surface area contributed by atoms with E-state index in [1.165, 1.54) is 11.1 Å². The molecule has 5 heteroatoms. The number of phenolic OH excluding ortho intramolecular Hbond substituents is 1. The Kier molecular flexibility index (Phi) is 5.06. The second-order valence-corrected chi connectivity index (χ2v) is 8.03. The summed E-state index contributed by atoms with van der Waals surface area (Å²) in [6.45, 7) is 13.1. The fourth-order valence-corrected chi connectivity index (χ4v) is 4.03. The first kappa shape index (κ1) is 19.5. The highest BCUT2D eigenvalue weighted by molar-refractivity contribution is 6.00. The quantitative estimate of drug-likeness (QED) is 0.849. The molecule has 2 heterocycles. The fourth-order valence-electron chi connectivity index (χ4n) is 4.03. The van der Waals surface area contributed by atoms with E-state index in [0.29, 0.717) is 18.7 Å². The predicted octanol–water partition coefficient (Wildman–Crippen LogP) is 3.70. The Hall–Kier alpha value is -2.30. The fraction of sp³-hybridized carbons (Fsp3) is 0.545. The van der Waals surface area contributed by atoms with Crippen molar-refractivity contribution in [3.05, 3.63) is 33.4 Å². The van der Waals surface area contributed by atoms with Crippen LogP contribution in [-0.2, 0) is 11.2 Å².